The topological polar surface area (TPSA) is 62.5 Å². The zero-order chi connectivity index (χ0) is 13.5. The van der Waals surface area contributed by atoms with Crippen molar-refractivity contribution >= 4 is 11.9 Å². The van der Waals surface area contributed by atoms with Crippen LogP contribution in [0.4, 0.5) is 0 Å². The van der Waals surface area contributed by atoms with Gasteiger partial charge in [0.2, 0.25) is 0 Å². The van der Waals surface area contributed by atoms with Crippen LogP contribution < -0.4 is 0 Å². The predicted octanol–water partition coefficient (Wildman–Crippen LogP) is 1.61. The number of amides is 1. The molecule has 1 amide bonds. The normalized spacial score (nSPS) is 10.1. The lowest BCUT2D eigenvalue weighted by Crippen LogP contribution is -2.30. The Morgan fingerprint density at radius 1 is 1.56 bits per heavy atom. The van der Waals surface area contributed by atoms with Crippen molar-refractivity contribution in [3.8, 4) is 0 Å². The first-order chi connectivity index (χ1) is 8.56. The second-order valence-electron chi connectivity index (χ2n) is 4.07. The maximum Gasteiger partial charge on any atom is 0.323 e. The van der Waals surface area contributed by atoms with Gasteiger partial charge in [-0.25, -0.2) is 0 Å². The lowest BCUT2D eigenvalue weighted by molar-refractivity contribution is -0.137. The number of hydrogen-bond acceptors (Lipinski definition) is 2. The lowest BCUT2D eigenvalue weighted by Gasteiger charge is -2.17. The van der Waals surface area contributed by atoms with Gasteiger partial charge in [-0.2, -0.15) is 0 Å². The van der Waals surface area contributed by atoms with Crippen LogP contribution in [0.1, 0.15) is 23.3 Å². The highest BCUT2D eigenvalue weighted by molar-refractivity contribution is 5.93. The number of allylic oxidation sites excluding steroid dienone is 1. The number of unbranched alkanes of at least 4 members (excludes halogenated alkanes) is 1. The van der Waals surface area contributed by atoms with Gasteiger partial charge in [0.25, 0.3) is 5.91 Å². The zero-order valence-electron chi connectivity index (χ0n) is 10.5. The Labute approximate surface area is 106 Å². The molecule has 1 N–H and O–H groups in total. The van der Waals surface area contributed by atoms with Crippen LogP contribution in [0.2, 0.25) is 0 Å². The molecule has 0 atom stereocenters. The summed E-state index contributed by atoms with van der Waals surface area (Å²) in [5.74, 6) is -1.13. The fourth-order valence-electron chi connectivity index (χ4n) is 1.66. The van der Waals surface area contributed by atoms with Crippen molar-refractivity contribution in [2.45, 2.75) is 19.4 Å². The summed E-state index contributed by atoms with van der Waals surface area (Å²) in [5.41, 5.74) is 0.401. The first-order valence-corrected chi connectivity index (χ1v) is 5.79. The van der Waals surface area contributed by atoms with E-state index in [9.17, 15) is 9.59 Å². The summed E-state index contributed by atoms with van der Waals surface area (Å²) < 4.78 is 1.44. The van der Waals surface area contributed by atoms with Crippen LogP contribution in [0, 0.1) is 0 Å². The molecule has 0 aromatic carbocycles. The number of aliphatic carboxylic acids is 1. The number of carbonyl (C=O) groups is 2. The number of rotatable bonds is 7. The van der Waals surface area contributed by atoms with Crippen molar-refractivity contribution in [1.82, 2.24) is 9.47 Å². The Hall–Kier alpha value is -2.04. The van der Waals surface area contributed by atoms with E-state index in [0.29, 0.717) is 12.2 Å². The fraction of sp³-hybridized carbons (Fsp3) is 0.385. The van der Waals surface area contributed by atoms with E-state index in [1.54, 1.807) is 30.3 Å². The molecule has 0 bridgehead atoms. The number of carboxylic acids is 1. The lowest BCUT2D eigenvalue weighted by atomic mass is 10.3. The molecular weight excluding hydrogens is 232 g/mol. The standard InChI is InChI=1S/C13H18N2O3/c1-3-4-5-8-14(2)13(18)11-7-6-9-15(11)10-12(16)17/h3,6-7,9H,1,4-5,8,10H2,2H3,(H,16,17). The van der Waals surface area contributed by atoms with Gasteiger partial charge in [0.05, 0.1) is 0 Å². The number of carbonyl (C=O) groups excluding carboxylic acids is 1. The molecule has 0 saturated carbocycles. The molecule has 1 aromatic heterocycles. The molecular formula is C13H18N2O3. The van der Waals surface area contributed by atoms with Gasteiger partial charge in [0.1, 0.15) is 12.2 Å². The molecule has 0 fully saturated rings. The highest BCUT2D eigenvalue weighted by atomic mass is 16.4. The molecule has 0 unspecified atom stereocenters. The van der Waals surface area contributed by atoms with Crippen LogP contribution in [-0.4, -0.2) is 40.0 Å². The van der Waals surface area contributed by atoms with Gasteiger partial charge in [0, 0.05) is 19.8 Å². The first-order valence-electron chi connectivity index (χ1n) is 5.79. The number of carboxylic acid groups (broad SMARTS) is 1. The van der Waals surface area contributed by atoms with Crippen molar-refractivity contribution in [2.75, 3.05) is 13.6 Å². The van der Waals surface area contributed by atoms with Gasteiger partial charge in [-0.15, -0.1) is 6.58 Å². The minimum Gasteiger partial charge on any atom is -0.480 e. The SMILES string of the molecule is C=CCCCN(C)C(=O)c1cccn1CC(=O)O. The van der Waals surface area contributed by atoms with Gasteiger partial charge >= 0.3 is 5.97 Å². The van der Waals surface area contributed by atoms with Crippen LogP contribution in [0.15, 0.2) is 31.0 Å². The van der Waals surface area contributed by atoms with Crippen LogP contribution in [-0.2, 0) is 11.3 Å². The van der Waals surface area contributed by atoms with E-state index in [2.05, 4.69) is 6.58 Å². The van der Waals surface area contributed by atoms with Crippen molar-refractivity contribution in [1.29, 1.82) is 0 Å². The Bertz CT molecular complexity index is 437. The summed E-state index contributed by atoms with van der Waals surface area (Å²) in [5, 5.41) is 8.75. The zero-order valence-corrected chi connectivity index (χ0v) is 10.5. The van der Waals surface area contributed by atoms with Crippen LogP contribution in [0.25, 0.3) is 0 Å². The van der Waals surface area contributed by atoms with E-state index >= 15 is 0 Å². The Balaban J connectivity index is 2.68. The van der Waals surface area contributed by atoms with Gasteiger partial charge in [-0.3, -0.25) is 9.59 Å². The van der Waals surface area contributed by atoms with Crippen molar-refractivity contribution < 1.29 is 14.7 Å². The number of hydrogen-bond donors (Lipinski definition) is 1. The van der Waals surface area contributed by atoms with E-state index in [-0.39, 0.29) is 12.5 Å². The van der Waals surface area contributed by atoms with Gasteiger partial charge in [-0.05, 0) is 25.0 Å². The quantitative estimate of drug-likeness (QED) is 0.590. The maximum absolute atomic E-state index is 12.1. The third-order valence-corrected chi connectivity index (χ3v) is 2.60. The molecule has 18 heavy (non-hydrogen) atoms. The molecule has 0 aliphatic carbocycles. The highest BCUT2D eigenvalue weighted by Gasteiger charge is 2.16. The number of nitrogens with zero attached hydrogens (tertiary/aromatic N) is 2. The molecule has 98 valence electrons. The van der Waals surface area contributed by atoms with E-state index in [0.717, 1.165) is 12.8 Å². The Morgan fingerprint density at radius 2 is 2.28 bits per heavy atom. The summed E-state index contributed by atoms with van der Waals surface area (Å²) in [6.45, 7) is 4.05. The van der Waals surface area contributed by atoms with E-state index in [4.69, 9.17) is 5.11 Å². The summed E-state index contributed by atoms with van der Waals surface area (Å²) in [6, 6.07) is 3.31. The van der Waals surface area contributed by atoms with E-state index in [1.807, 2.05) is 6.08 Å². The average Bonchev–Trinajstić information content (AvgIpc) is 2.75. The van der Waals surface area contributed by atoms with Crippen molar-refractivity contribution in [3.63, 3.8) is 0 Å². The monoisotopic (exact) mass is 250 g/mol. The second kappa shape index (κ2) is 6.64. The van der Waals surface area contributed by atoms with E-state index in [1.165, 1.54) is 4.57 Å². The molecule has 5 heteroatoms. The van der Waals surface area contributed by atoms with Crippen molar-refractivity contribution in [2.24, 2.45) is 0 Å². The van der Waals surface area contributed by atoms with Gasteiger partial charge < -0.3 is 14.6 Å². The van der Waals surface area contributed by atoms with Crippen LogP contribution in [0.3, 0.4) is 0 Å². The fourth-order valence-corrected chi connectivity index (χ4v) is 1.66. The van der Waals surface area contributed by atoms with Gasteiger partial charge in [0.15, 0.2) is 0 Å². The van der Waals surface area contributed by atoms with Crippen LogP contribution >= 0.6 is 0 Å². The van der Waals surface area contributed by atoms with Crippen LogP contribution in [0.5, 0.6) is 0 Å². The molecule has 1 heterocycles. The molecule has 0 radical (unpaired) electrons. The summed E-state index contributed by atoms with van der Waals surface area (Å²) in [7, 11) is 1.71. The second-order valence-corrected chi connectivity index (χ2v) is 4.07. The summed E-state index contributed by atoms with van der Waals surface area (Å²) >= 11 is 0. The van der Waals surface area contributed by atoms with E-state index < -0.39 is 5.97 Å². The molecule has 0 saturated heterocycles. The molecule has 1 aromatic rings. The Kier molecular flexibility index (Phi) is 5.17. The minimum absolute atomic E-state index is 0.162. The average molecular weight is 250 g/mol. The minimum atomic E-state index is -0.963. The summed E-state index contributed by atoms with van der Waals surface area (Å²) in [6.07, 6.45) is 5.11. The molecule has 5 nitrogen and oxygen atoms in total. The number of aromatic nitrogens is 1. The Morgan fingerprint density at radius 3 is 2.89 bits per heavy atom. The molecule has 0 spiro atoms. The third kappa shape index (κ3) is 3.76. The third-order valence-electron chi connectivity index (χ3n) is 2.60. The first kappa shape index (κ1) is 14.0. The smallest absolute Gasteiger partial charge is 0.323 e. The van der Waals surface area contributed by atoms with Crippen molar-refractivity contribution in [3.05, 3.63) is 36.7 Å². The molecule has 0 aliphatic heterocycles. The molecule has 1 rings (SSSR count). The maximum atomic E-state index is 12.1. The predicted molar refractivity (Wildman–Crippen MR) is 68.5 cm³/mol. The highest BCUT2D eigenvalue weighted by Crippen LogP contribution is 2.07. The summed E-state index contributed by atoms with van der Waals surface area (Å²) in [4.78, 5) is 24.3. The molecule has 0 aliphatic rings. The largest absolute Gasteiger partial charge is 0.480 e. The van der Waals surface area contributed by atoms with Gasteiger partial charge in [-0.1, -0.05) is 6.08 Å².